The highest BCUT2D eigenvalue weighted by atomic mass is 32.2. The number of hydrogen-bond donors (Lipinski definition) is 0. The molecule has 0 aromatic heterocycles. The number of rotatable bonds is 5. The molecule has 114 valence electrons. The molecule has 1 aromatic carbocycles. The van der Waals surface area contributed by atoms with E-state index in [9.17, 15) is 9.00 Å². The van der Waals surface area contributed by atoms with Gasteiger partial charge < -0.3 is 4.74 Å². The first-order chi connectivity index (χ1) is 10.1. The normalized spacial score (nSPS) is 31.5. The van der Waals surface area contributed by atoms with E-state index in [-0.39, 0.29) is 18.0 Å². The van der Waals surface area contributed by atoms with Crippen LogP contribution < -0.4 is 0 Å². The van der Waals surface area contributed by atoms with Crippen LogP contribution in [0, 0.1) is 24.7 Å². The molecule has 0 spiro atoms. The number of esters is 1. The Labute approximate surface area is 127 Å². The van der Waals surface area contributed by atoms with E-state index in [1.54, 1.807) is 0 Å². The van der Waals surface area contributed by atoms with E-state index in [1.807, 2.05) is 38.1 Å². The van der Waals surface area contributed by atoms with Crippen LogP contribution in [-0.4, -0.2) is 22.9 Å². The zero-order valence-corrected chi connectivity index (χ0v) is 13.1. The Morgan fingerprint density at radius 2 is 1.86 bits per heavy atom. The van der Waals surface area contributed by atoms with Crippen molar-refractivity contribution in [3.8, 4) is 0 Å². The molecule has 0 saturated heterocycles. The SMILES string of the molecule is CCOC(=O)C1C2CC(OS(=O)c3ccc(C)cc3)CC21. The second-order valence-corrected chi connectivity index (χ2v) is 6.98. The minimum Gasteiger partial charge on any atom is -0.466 e. The first-order valence-corrected chi connectivity index (χ1v) is 8.50. The van der Waals surface area contributed by atoms with Crippen molar-refractivity contribution in [2.24, 2.45) is 17.8 Å². The van der Waals surface area contributed by atoms with Gasteiger partial charge in [-0.05, 0) is 50.7 Å². The third-order valence-electron chi connectivity index (χ3n) is 4.40. The fourth-order valence-electron chi connectivity index (χ4n) is 3.29. The highest BCUT2D eigenvalue weighted by Crippen LogP contribution is 2.58. The van der Waals surface area contributed by atoms with Crippen molar-refractivity contribution >= 4 is 17.0 Å². The summed E-state index contributed by atoms with van der Waals surface area (Å²) in [7, 11) is 0. The molecule has 1 aromatic rings. The van der Waals surface area contributed by atoms with Gasteiger partial charge in [0.25, 0.3) is 0 Å². The standard InChI is InChI=1S/C16H20O4S/c1-3-19-16(17)15-13-8-11(9-14(13)15)20-21(18)12-6-4-10(2)5-7-12/h4-7,11,13-15H,3,8-9H2,1-2H3. The summed E-state index contributed by atoms with van der Waals surface area (Å²) >= 11 is -1.42. The molecule has 2 saturated carbocycles. The van der Waals surface area contributed by atoms with E-state index >= 15 is 0 Å². The second kappa shape index (κ2) is 5.89. The van der Waals surface area contributed by atoms with Crippen molar-refractivity contribution in [2.75, 3.05) is 6.61 Å². The summed E-state index contributed by atoms with van der Waals surface area (Å²) in [6, 6.07) is 7.53. The number of benzene rings is 1. The Balaban J connectivity index is 1.50. The summed E-state index contributed by atoms with van der Waals surface area (Å²) in [4.78, 5) is 12.4. The average molecular weight is 308 g/mol. The molecule has 3 rings (SSSR count). The first-order valence-electron chi connectivity index (χ1n) is 7.42. The zero-order valence-electron chi connectivity index (χ0n) is 12.3. The van der Waals surface area contributed by atoms with Gasteiger partial charge in [-0.2, -0.15) is 0 Å². The zero-order chi connectivity index (χ0) is 15.0. The Kier molecular flexibility index (Phi) is 4.13. The lowest BCUT2D eigenvalue weighted by molar-refractivity contribution is -0.145. The fraction of sp³-hybridized carbons (Fsp3) is 0.562. The van der Waals surface area contributed by atoms with Crippen molar-refractivity contribution < 1.29 is 17.9 Å². The molecular weight excluding hydrogens is 288 g/mol. The predicted molar refractivity (Wildman–Crippen MR) is 78.8 cm³/mol. The molecule has 5 heteroatoms. The van der Waals surface area contributed by atoms with E-state index in [1.165, 1.54) is 0 Å². The lowest BCUT2D eigenvalue weighted by Gasteiger charge is -2.14. The van der Waals surface area contributed by atoms with Crippen LogP contribution in [0.3, 0.4) is 0 Å². The smallest absolute Gasteiger partial charge is 0.309 e. The number of carbonyl (C=O) groups excluding carboxylic acids is 1. The third-order valence-corrected chi connectivity index (χ3v) is 5.50. The number of hydrogen-bond acceptors (Lipinski definition) is 4. The van der Waals surface area contributed by atoms with Crippen LogP contribution >= 0.6 is 0 Å². The van der Waals surface area contributed by atoms with Gasteiger partial charge in [0, 0.05) is 0 Å². The molecule has 2 aliphatic rings. The minimum absolute atomic E-state index is 0.00665. The van der Waals surface area contributed by atoms with Crippen molar-refractivity contribution in [2.45, 2.75) is 37.7 Å². The number of ether oxygens (including phenoxy) is 1. The maximum atomic E-state index is 12.1. The van der Waals surface area contributed by atoms with Crippen LogP contribution in [0.25, 0.3) is 0 Å². The van der Waals surface area contributed by atoms with E-state index in [0.717, 1.165) is 18.4 Å². The van der Waals surface area contributed by atoms with Crippen LogP contribution in [0.15, 0.2) is 29.2 Å². The van der Waals surface area contributed by atoms with Crippen molar-refractivity contribution in [1.29, 1.82) is 0 Å². The van der Waals surface area contributed by atoms with Crippen LogP contribution in [0.1, 0.15) is 25.3 Å². The molecule has 0 N–H and O–H groups in total. The third kappa shape index (κ3) is 3.04. The van der Waals surface area contributed by atoms with Crippen LogP contribution in [0.2, 0.25) is 0 Å². The van der Waals surface area contributed by atoms with E-state index in [2.05, 4.69) is 0 Å². The largest absolute Gasteiger partial charge is 0.466 e. The Bertz CT molecular complexity index is 542. The van der Waals surface area contributed by atoms with Crippen molar-refractivity contribution in [3.05, 3.63) is 29.8 Å². The molecule has 0 aliphatic heterocycles. The molecule has 3 unspecified atom stereocenters. The summed E-state index contributed by atoms with van der Waals surface area (Å²) in [5.74, 6) is 0.705. The van der Waals surface area contributed by atoms with Gasteiger partial charge >= 0.3 is 5.97 Å². The molecule has 0 heterocycles. The first kappa shape index (κ1) is 14.7. The van der Waals surface area contributed by atoms with Gasteiger partial charge in [-0.1, -0.05) is 17.7 Å². The molecule has 0 radical (unpaired) electrons. The maximum absolute atomic E-state index is 12.1. The number of fused-ring (bicyclic) bond motifs is 1. The maximum Gasteiger partial charge on any atom is 0.309 e. The van der Waals surface area contributed by atoms with Gasteiger partial charge in [-0.25, -0.2) is 4.21 Å². The van der Waals surface area contributed by atoms with Crippen LogP contribution in [0.4, 0.5) is 0 Å². The molecule has 2 aliphatic carbocycles. The summed E-state index contributed by atoms with van der Waals surface area (Å²) in [6.45, 7) is 4.26. The molecule has 21 heavy (non-hydrogen) atoms. The monoisotopic (exact) mass is 308 g/mol. The van der Waals surface area contributed by atoms with E-state index in [4.69, 9.17) is 8.92 Å². The lowest BCUT2D eigenvalue weighted by atomic mass is 10.1. The van der Waals surface area contributed by atoms with Crippen molar-refractivity contribution in [3.63, 3.8) is 0 Å². The van der Waals surface area contributed by atoms with Crippen LogP contribution in [0.5, 0.6) is 0 Å². The summed E-state index contributed by atoms with van der Waals surface area (Å²) in [6.07, 6.45) is 1.62. The summed E-state index contributed by atoms with van der Waals surface area (Å²) in [5.41, 5.74) is 1.13. The van der Waals surface area contributed by atoms with Crippen molar-refractivity contribution in [1.82, 2.24) is 0 Å². The molecule has 4 nitrogen and oxygen atoms in total. The lowest BCUT2D eigenvalue weighted by Crippen LogP contribution is -2.18. The Morgan fingerprint density at radius 3 is 2.43 bits per heavy atom. The van der Waals surface area contributed by atoms with Gasteiger partial charge in [0.2, 0.25) is 0 Å². The summed E-state index contributed by atoms with van der Waals surface area (Å²) < 4.78 is 22.9. The number of carbonyl (C=O) groups is 1. The molecule has 0 bridgehead atoms. The van der Waals surface area contributed by atoms with Gasteiger partial charge in [0.05, 0.1) is 23.5 Å². The highest BCUT2D eigenvalue weighted by molar-refractivity contribution is 7.80. The van der Waals surface area contributed by atoms with Gasteiger partial charge in [-0.3, -0.25) is 8.98 Å². The molecule has 0 amide bonds. The van der Waals surface area contributed by atoms with E-state index in [0.29, 0.717) is 23.3 Å². The van der Waals surface area contributed by atoms with Crippen LogP contribution in [-0.2, 0) is 24.8 Å². The quantitative estimate of drug-likeness (QED) is 0.785. The Morgan fingerprint density at radius 1 is 1.24 bits per heavy atom. The van der Waals surface area contributed by atoms with Gasteiger partial charge in [0.1, 0.15) is 0 Å². The molecule has 3 atom stereocenters. The van der Waals surface area contributed by atoms with E-state index < -0.39 is 11.1 Å². The number of aryl methyl sites for hydroxylation is 1. The van der Waals surface area contributed by atoms with Gasteiger partial charge in [0.15, 0.2) is 11.1 Å². The fourth-order valence-corrected chi connectivity index (χ4v) is 4.16. The minimum atomic E-state index is -1.42. The Hall–Kier alpha value is -1.20. The molecule has 2 fully saturated rings. The highest BCUT2D eigenvalue weighted by Gasteiger charge is 2.61. The average Bonchev–Trinajstić information content (AvgIpc) is 2.97. The van der Waals surface area contributed by atoms with Gasteiger partial charge in [-0.15, -0.1) is 0 Å². The topological polar surface area (TPSA) is 52.6 Å². The molecular formula is C16H20O4S. The second-order valence-electron chi connectivity index (χ2n) is 5.84. The summed E-state index contributed by atoms with van der Waals surface area (Å²) in [5, 5.41) is 0. The predicted octanol–water partition coefficient (Wildman–Crippen LogP) is 2.62.